The van der Waals surface area contributed by atoms with Gasteiger partial charge >= 0.3 is 0 Å². The summed E-state index contributed by atoms with van der Waals surface area (Å²) in [5, 5.41) is 24.7. The second-order valence-corrected chi connectivity index (χ2v) is 11.8. The third kappa shape index (κ3) is 4.73. The summed E-state index contributed by atoms with van der Waals surface area (Å²) in [6.07, 6.45) is 12.9. The zero-order chi connectivity index (χ0) is 28.1. The number of nitrogens with zero attached hydrogens (tertiary/aromatic N) is 7. The molecule has 8 rings (SSSR count). The van der Waals surface area contributed by atoms with Crippen molar-refractivity contribution in [3.8, 4) is 23.1 Å². The van der Waals surface area contributed by atoms with Gasteiger partial charge in [0.1, 0.15) is 11.9 Å². The van der Waals surface area contributed by atoms with E-state index in [1.165, 1.54) is 17.6 Å². The fourth-order valence-corrected chi connectivity index (χ4v) is 6.51. The van der Waals surface area contributed by atoms with Gasteiger partial charge in [0.15, 0.2) is 0 Å². The fourth-order valence-electron chi connectivity index (χ4n) is 6.51. The van der Waals surface area contributed by atoms with Crippen LogP contribution in [0.5, 0.6) is 5.88 Å². The molecule has 1 aliphatic carbocycles. The van der Waals surface area contributed by atoms with Gasteiger partial charge in [-0.1, -0.05) is 12.1 Å². The Hall–Kier alpha value is -4.26. The number of aromatic nitrogens is 4. The minimum atomic E-state index is -0.658. The molecule has 2 bridgehead atoms. The Morgan fingerprint density at radius 1 is 1.10 bits per heavy atom. The normalized spacial score (nSPS) is 24.0. The number of piperazine rings is 1. The molecule has 9 heteroatoms. The summed E-state index contributed by atoms with van der Waals surface area (Å²) >= 11 is 0. The largest absolute Gasteiger partial charge is 0.481 e. The van der Waals surface area contributed by atoms with Crippen LogP contribution in [-0.2, 0) is 6.54 Å². The van der Waals surface area contributed by atoms with E-state index >= 15 is 0 Å². The number of aliphatic hydroxyl groups is 1. The van der Waals surface area contributed by atoms with Gasteiger partial charge in [-0.2, -0.15) is 10.4 Å². The Morgan fingerprint density at radius 2 is 1.95 bits per heavy atom. The second-order valence-electron chi connectivity index (χ2n) is 11.8. The Kier molecular flexibility index (Phi) is 6.25. The average molecular weight is 548 g/mol. The van der Waals surface area contributed by atoms with Gasteiger partial charge in [-0.25, -0.2) is 14.5 Å². The molecular weight excluding hydrogens is 514 g/mol. The van der Waals surface area contributed by atoms with Gasteiger partial charge in [0.05, 0.1) is 30.0 Å². The molecule has 0 aromatic carbocycles. The van der Waals surface area contributed by atoms with Gasteiger partial charge in [-0.05, 0) is 67.5 Å². The lowest BCUT2D eigenvalue weighted by molar-refractivity contribution is -0.00876. The quantitative estimate of drug-likeness (QED) is 0.378. The van der Waals surface area contributed by atoms with E-state index in [-0.39, 0.29) is 0 Å². The summed E-state index contributed by atoms with van der Waals surface area (Å²) in [5.41, 5.74) is 6.03. The van der Waals surface area contributed by atoms with Crippen molar-refractivity contribution in [2.45, 2.75) is 56.8 Å². The van der Waals surface area contributed by atoms with Gasteiger partial charge in [0, 0.05) is 67.5 Å². The van der Waals surface area contributed by atoms with E-state index in [4.69, 9.17) is 9.72 Å². The zero-order valence-corrected chi connectivity index (χ0v) is 23.4. The number of ether oxygens (including phenoxy) is 1. The SMILES string of the molecule is COc1ccc(CN2C3CC2CN(c2ccc(-c4cc(C5=CCC(C)(O)CC5)cn5ncc(C#N)c45)cn2)C3)cn1. The number of fused-ring (bicyclic) bond motifs is 3. The van der Waals surface area contributed by atoms with Crippen LogP contribution in [0, 0.1) is 11.3 Å². The molecule has 3 aliphatic heterocycles. The van der Waals surface area contributed by atoms with Crippen molar-refractivity contribution in [3.05, 3.63) is 77.9 Å². The molecule has 3 saturated heterocycles. The van der Waals surface area contributed by atoms with E-state index in [1.807, 2.05) is 31.6 Å². The molecule has 1 N–H and O–H groups in total. The molecule has 3 unspecified atom stereocenters. The molecule has 208 valence electrons. The van der Waals surface area contributed by atoms with Crippen molar-refractivity contribution in [3.63, 3.8) is 0 Å². The number of pyridine rings is 3. The highest BCUT2D eigenvalue weighted by molar-refractivity contribution is 5.87. The summed E-state index contributed by atoms with van der Waals surface area (Å²) in [6.45, 7) is 4.69. The first-order chi connectivity index (χ1) is 19.9. The van der Waals surface area contributed by atoms with E-state index in [2.05, 4.69) is 56.3 Å². The molecule has 0 spiro atoms. The van der Waals surface area contributed by atoms with E-state index in [0.29, 0.717) is 29.9 Å². The molecule has 0 saturated carbocycles. The summed E-state index contributed by atoms with van der Waals surface area (Å²) in [5.74, 6) is 1.62. The highest BCUT2D eigenvalue weighted by atomic mass is 16.5. The third-order valence-corrected chi connectivity index (χ3v) is 8.92. The standard InChI is InChI=1S/C32H33N7O2/c1-32(40)9-7-22(8-10-32)24-11-28(31-25(13-33)16-36-39(31)18-24)23-4-5-29(34-15-23)37-19-26-12-27(20-37)38(26)17-21-3-6-30(41-2)35-14-21/h3-7,11,14-16,18,26-27,40H,8-10,12,17,19-20H2,1-2H3. The van der Waals surface area contributed by atoms with Crippen LogP contribution in [-0.4, -0.2) is 67.5 Å². The van der Waals surface area contributed by atoms with E-state index in [9.17, 15) is 10.4 Å². The number of rotatable bonds is 6. The van der Waals surface area contributed by atoms with Crippen molar-refractivity contribution in [1.29, 1.82) is 5.26 Å². The van der Waals surface area contributed by atoms with Crippen LogP contribution in [0.2, 0.25) is 0 Å². The molecule has 4 aromatic heterocycles. The first-order valence-corrected chi connectivity index (χ1v) is 14.2. The third-order valence-electron chi connectivity index (χ3n) is 8.92. The molecule has 4 aliphatic rings. The minimum absolute atomic E-state index is 0.503. The molecule has 41 heavy (non-hydrogen) atoms. The maximum absolute atomic E-state index is 10.4. The van der Waals surface area contributed by atoms with E-state index < -0.39 is 5.60 Å². The number of hydrogen-bond acceptors (Lipinski definition) is 8. The summed E-state index contributed by atoms with van der Waals surface area (Å²) in [6, 6.07) is 13.7. The predicted molar refractivity (Wildman–Crippen MR) is 156 cm³/mol. The molecule has 7 heterocycles. The molecule has 3 atom stereocenters. The van der Waals surface area contributed by atoms with Crippen LogP contribution in [0.25, 0.3) is 22.2 Å². The van der Waals surface area contributed by atoms with E-state index in [1.54, 1.807) is 17.8 Å². The highest BCUT2D eigenvalue weighted by Crippen LogP contribution is 2.38. The highest BCUT2D eigenvalue weighted by Gasteiger charge is 2.44. The topological polar surface area (TPSA) is 103 Å². The minimum Gasteiger partial charge on any atom is -0.481 e. The van der Waals surface area contributed by atoms with Gasteiger partial charge in [0.25, 0.3) is 0 Å². The zero-order valence-electron chi connectivity index (χ0n) is 23.4. The maximum atomic E-state index is 10.4. The number of methoxy groups -OCH3 is 1. The smallest absolute Gasteiger partial charge is 0.212 e. The molecular formula is C32H33N7O2. The lowest BCUT2D eigenvalue weighted by Crippen LogP contribution is -2.68. The van der Waals surface area contributed by atoms with Gasteiger partial charge < -0.3 is 14.7 Å². The molecule has 0 amide bonds. The van der Waals surface area contributed by atoms with Gasteiger partial charge in [0.2, 0.25) is 5.88 Å². The number of anilines is 1. The molecule has 4 aromatic rings. The Bertz CT molecular complexity index is 1660. The lowest BCUT2D eigenvalue weighted by atomic mass is 9.84. The number of allylic oxidation sites excluding steroid dienone is 1. The maximum Gasteiger partial charge on any atom is 0.212 e. The van der Waals surface area contributed by atoms with Crippen molar-refractivity contribution < 1.29 is 9.84 Å². The molecule has 3 fully saturated rings. The monoisotopic (exact) mass is 547 g/mol. The molecule has 9 nitrogen and oxygen atoms in total. The van der Waals surface area contributed by atoms with Crippen molar-refractivity contribution in [1.82, 2.24) is 24.5 Å². The first-order valence-electron chi connectivity index (χ1n) is 14.2. The van der Waals surface area contributed by atoms with Crippen LogP contribution >= 0.6 is 0 Å². The van der Waals surface area contributed by atoms with Crippen molar-refractivity contribution in [2.75, 3.05) is 25.1 Å². The van der Waals surface area contributed by atoms with Gasteiger partial charge in [-0.15, -0.1) is 0 Å². The van der Waals surface area contributed by atoms with Crippen molar-refractivity contribution in [2.24, 2.45) is 0 Å². The van der Waals surface area contributed by atoms with Crippen LogP contribution in [0.1, 0.15) is 49.3 Å². The summed E-state index contributed by atoms with van der Waals surface area (Å²) in [4.78, 5) is 14.2. The lowest BCUT2D eigenvalue weighted by Gasteiger charge is -2.56. The van der Waals surface area contributed by atoms with E-state index in [0.717, 1.165) is 60.5 Å². The number of nitriles is 1. The predicted octanol–water partition coefficient (Wildman–Crippen LogP) is 4.45. The Morgan fingerprint density at radius 3 is 2.61 bits per heavy atom. The number of hydrogen-bond donors (Lipinski definition) is 1. The number of piperidine rings is 1. The van der Waals surface area contributed by atoms with Gasteiger partial charge in [-0.3, -0.25) is 4.90 Å². The van der Waals surface area contributed by atoms with Crippen LogP contribution in [0.4, 0.5) is 5.82 Å². The first kappa shape index (κ1) is 25.7. The average Bonchev–Trinajstić information content (AvgIpc) is 3.43. The second kappa shape index (κ2) is 9.98. The Labute approximate surface area is 239 Å². The Balaban J connectivity index is 1.12. The summed E-state index contributed by atoms with van der Waals surface area (Å²) < 4.78 is 6.99. The fraction of sp³-hybridized carbons (Fsp3) is 0.375. The van der Waals surface area contributed by atoms with Crippen LogP contribution < -0.4 is 9.64 Å². The van der Waals surface area contributed by atoms with Crippen LogP contribution in [0.15, 0.2) is 61.2 Å². The van der Waals surface area contributed by atoms with Crippen LogP contribution in [0.3, 0.4) is 0 Å². The molecule has 0 radical (unpaired) electrons. The summed E-state index contributed by atoms with van der Waals surface area (Å²) in [7, 11) is 1.64. The van der Waals surface area contributed by atoms with Crippen molar-refractivity contribution >= 4 is 16.9 Å².